The van der Waals surface area contributed by atoms with Crippen LogP contribution in [0.5, 0.6) is 0 Å². The first-order valence-electron chi connectivity index (χ1n) is 11.6. The summed E-state index contributed by atoms with van der Waals surface area (Å²) in [4.78, 5) is 25.5. The predicted octanol–water partition coefficient (Wildman–Crippen LogP) is 8.12. The molecule has 8 aromatic rings. The molecule has 8 aromatic carbocycles. The second-order valence-corrected chi connectivity index (χ2v) is 10.2. The van der Waals surface area contributed by atoms with Crippen molar-refractivity contribution in [2.24, 2.45) is 0 Å². The molecule has 162 valence electrons. The van der Waals surface area contributed by atoms with Crippen LogP contribution in [0.25, 0.3) is 75.4 Å². The first-order chi connectivity index (χ1) is 17.1. The van der Waals surface area contributed by atoms with Gasteiger partial charge in [0.05, 0.1) is 4.47 Å². The Morgan fingerprint density at radius 2 is 0.971 bits per heavy atom. The van der Waals surface area contributed by atoms with Crippen molar-refractivity contribution in [1.82, 2.24) is 0 Å². The van der Waals surface area contributed by atoms with Crippen molar-refractivity contribution in [2.45, 2.75) is 0 Å². The summed E-state index contributed by atoms with van der Waals surface area (Å²) in [6.07, 6.45) is 0. The van der Waals surface area contributed by atoms with E-state index < -0.39 is 10.9 Å². The highest BCUT2D eigenvalue weighted by Gasteiger charge is 2.17. The van der Waals surface area contributed by atoms with Crippen LogP contribution >= 0.6 is 15.9 Å². The van der Waals surface area contributed by atoms with Crippen LogP contribution < -0.4 is 10.9 Å². The van der Waals surface area contributed by atoms with E-state index in [1.807, 2.05) is 12.1 Å². The molecule has 0 aliphatic rings. The lowest BCUT2D eigenvalue weighted by Gasteiger charge is -2.17. The van der Waals surface area contributed by atoms with Gasteiger partial charge in [0.2, 0.25) is 10.9 Å². The lowest BCUT2D eigenvalue weighted by Crippen LogP contribution is -2.24. The molecule has 0 N–H and O–H groups in total. The van der Waals surface area contributed by atoms with Crippen molar-refractivity contribution in [3.05, 3.63) is 116 Å². The maximum atomic E-state index is 13.0. The normalized spacial score (nSPS) is 12.4. The van der Waals surface area contributed by atoms with Gasteiger partial charge >= 0.3 is 0 Å². The molecular formula is C32H15BrO2. The minimum Gasteiger partial charge on any atom is -0.285 e. The third-order valence-corrected chi connectivity index (χ3v) is 8.18. The van der Waals surface area contributed by atoms with Crippen LogP contribution in [0.4, 0.5) is 0 Å². The highest BCUT2D eigenvalue weighted by atomic mass is 79.9. The van der Waals surface area contributed by atoms with Gasteiger partial charge < -0.3 is 0 Å². The van der Waals surface area contributed by atoms with Crippen LogP contribution in [0, 0.1) is 0 Å². The molecule has 0 heterocycles. The molecular weight excluding hydrogens is 496 g/mol. The van der Waals surface area contributed by atoms with Crippen molar-refractivity contribution in [1.29, 1.82) is 0 Å². The molecule has 0 fully saturated rings. The van der Waals surface area contributed by atoms with Crippen LogP contribution in [0.15, 0.2) is 105 Å². The Labute approximate surface area is 206 Å². The maximum Gasteiger partial charge on any atom is 0.240 e. The first-order valence-corrected chi connectivity index (χ1v) is 12.3. The van der Waals surface area contributed by atoms with Crippen molar-refractivity contribution < 1.29 is 0 Å². The molecule has 0 amide bonds. The van der Waals surface area contributed by atoms with Crippen molar-refractivity contribution in [3.63, 3.8) is 0 Å². The monoisotopic (exact) mass is 510 g/mol. The molecule has 0 aromatic heterocycles. The third-order valence-electron chi connectivity index (χ3n) is 7.59. The number of rotatable bonds is 0. The zero-order valence-electron chi connectivity index (χ0n) is 18.4. The Morgan fingerprint density at radius 1 is 0.400 bits per heavy atom. The molecule has 35 heavy (non-hydrogen) atoms. The Bertz CT molecular complexity index is 2310. The standard InChI is InChI=1S/C32H15BrO2/c33-26-15-18-10-11-19-22(29(18)32(35)31(26)34)12-13-23-25(19)14-17-6-3-8-21-20-7-1-4-16-5-2-9-24(27(16)20)30(23)28(17)21/h1-15H. The van der Waals surface area contributed by atoms with Gasteiger partial charge in [0.25, 0.3) is 0 Å². The van der Waals surface area contributed by atoms with E-state index in [-0.39, 0.29) is 0 Å². The molecule has 0 saturated carbocycles. The van der Waals surface area contributed by atoms with Gasteiger partial charge in [-0.05, 0) is 98.1 Å². The van der Waals surface area contributed by atoms with Crippen molar-refractivity contribution in [2.75, 3.05) is 0 Å². The van der Waals surface area contributed by atoms with Crippen LogP contribution in [-0.4, -0.2) is 0 Å². The molecule has 0 aliphatic heterocycles. The van der Waals surface area contributed by atoms with E-state index in [9.17, 15) is 9.59 Å². The minimum absolute atomic E-state index is 0.310. The number of fused-ring (bicyclic) bond motifs is 8. The van der Waals surface area contributed by atoms with E-state index in [4.69, 9.17) is 0 Å². The average molecular weight is 511 g/mol. The van der Waals surface area contributed by atoms with E-state index in [0.717, 1.165) is 26.9 Å². The summed E-state index contributed by atoms with van der Waals surface area (Å²) in [6.45, 7) is 0. The molecule has 0 spiro atoms. The van der Waals surface area contributed by atoms with E-state index >= 15 is 0 Å². The van der Waals surface area contributed by atoms with E-state index in [0.29, 0.717) is 9.86 Å². The fraction of sp³-hybridized carbons (Fsp3) is 0. The SMILES string of the molecule is O=c1c(Br)cc2ccc3c4cc5cccc6c7cccc8cccc(c87)c(c4ccc3c2c1=O)c56. The second-order valence-electron chi connectivity index (χ2n) is 9.30. The molecule has 2 nitrogen and oxygen atoms in total. The molecule has 0 aliphatic carbocycles. The van der Waals surface area contributed by atoms with Crippen LogP contribution in [0.2, 0.25) is 0 Å². The fourth-order valence-electron chi connectivity index (χ4n) is 6.15. The van der Waals surface area contributed by atoms with Crippen LogP contribution in [0.1, 0.15) is 0 Å². The summed E-state index contributed by atoms with van der Waals surface area (Å²) in [5.41, 5.74) is -0.950. The number of hydrogen-bond acceptors (Lipinski definition) is 2. The van der Waals surface area contributed by atoms with Gasteiger partial charge in [-0.15, -0.1) is 0 Å². The topological polar surface area (TPSA) is 34.1 Å². The van der Waals surface area contributed by atoms with E-state index in [2.05, 4.69) is 88.7 Å². The number of halogens is 1. The fourth-order valence-corrected chi connectivity index (χ4v) is 6.58. The molecule has 0 unspecified atom stereocenters. The molecule has 8 rings (SSSR count). The maximum absolute atomic E-state index is 13.0. The summed E-state index contributed by atoms with van der Waals surface area (Å²) in [5, 5.41) is 15.3. The van der Waals surface area contributed by atoms with Crippen molar-refractivity contribution >= 4 is 91.3 Å². The lowest BCUT2D eigenvalue weighted by atomic mass is 9.86. The van der Waals surface area contributed by atoms with Gasteiger partial charge in [0.1, 0.15) is 0 Å². The number of hydrogen-bond donors (Lipinski definition) is 0. The third kappa shape index (κ3) is 2.34. The van der Waals surface area contributed by atoms with Crippen LogP contribution in [0.3, 0.4) is 0 Å². The minimum atomic E-state index is -0.494. The molecule has 0 radical (unpaired) electrons. The summed E-state index contributed by atoms with van der Waals surface area (Å²) in [6, 6.07) is 31.7. The molecule has 0 saturated heterocycles. The van der Waals surface area contributed by atoms with Gasteiger partial charge in [-0.2, -0.15) is 0 Å². The predicted molar refractivity (Wildman–Crippen MR) is 152 cm³/mol. The number of benzene rings is 8. The first kappa shape index (κ1) is 19.2. The largest absolute Gasteiger partial charge is 0.285 e. The van der Waals surface area contributed by atoms with Gasteiger partial charge in [-0.3, -0.25) is 9.59 Å². The Kier molecular flexibility index (Phi) is 3.59. The zero-order valence-corrected chi connectivity index (χ0v) is 19.9. The van der Waals surface area contributed by atoms with E-state index in [1.165, 1.54) is 43.1 Å². The quantitative estimate of drug-likeness (QED) is 0.117. The van der Waals surface area contributed by atoms with Gasteiger partial charge in [0, 0.05) is 5.39 Å². The average Bonchev–Trinajstić information content (AvgIpc) is 2.89. The van der Waals surface area contributed by atoms with Crippen molar-refractivity contribution in [3.8, 4) is 0 Å². The highest BCUT2D eigenvalue weighted by Crippen LogP contribution is 2.44. The lowest BCUT2D eigenvalue weighted by molar-refractivity contribution is 1.50. The molecule has 0 atom stereocenters. The second kappa shape index (κ2) is 6.53. The Balaban J connectivity index is 1.70. The van der Waals surface area contributed by atoms with Gasteiger partial charge in [0.15, 0.2) is 0 Å². The van der Waals surface area contributed by atoms with E-state index in [1.54, 1.807) is 6.07 Å². The van der Waals surface area contributed by atoms with Crippen LogP contribution in [-0.2, 0) is 0 Å². The smallest absolute Gasteiger partial charge is 0.240 e. The van der Waals surface area contributed by atoms with Gasteiger partial charge in [-0.1, -0.05) is 78.9 Å². The molecule has 3 heteroatoms. The summed E-state index contributed by atoms with van der Waals surface area (Å²) < 4.78 is 0.310. The summed E-state index contributed by atoms with van der Waals surface area (Å²) >= 11 is 3.25. The highest BCUT2D eigenvalue weighted by molar-refractivity contribution is 9.10. The molecule has 0 bridgehead atoms. The Morgan fingerprint density at radius 3 is 1.74 bits per heavy atom. The van der Waals surface area contributed by atoms with Gasteiger partial charge in [-0.25, -0.2) is 0 Å². The Hall–Kier alpha value is -4.08. The zero-order chi connectivity index (χ0) is 23.4. The summed E-state index contributed by atoms with van der Waals surface area (Å²) in [7, 11) is 0. The summed E-state index contributed by atoms with van der Waals surface area (Å²) in [5.74, 6) is 0.